The summed E-state index contributed by atoms with van der Waals surface area (Å²) >= 11 is 6.02. The molecule has 6 nitrogen and oxygen atoms in total. The highest BCUT2D eigenvalue weighted by molar-refractivity contribution is 6.30. The number of rotatable bonds is 5. The average molecular weight is 497 g/mol. The van der Waals surface area contributed by atoms with Gasteiger partial charge in [-0.1, -0.05) is 35.9 Å². The van der Waals surface area contributed by atoms with Crippen LogP contribution in [0.2, 0.25) is 5.02 Å². The molecule has 3 heterocycles. The number of aryl methyl sites for hydroxylation is 2. The van der Waals surface area contributed by atoms with Gasteiger partial charge in [-0.15, -0.1) is 0 Å². The van der Waals surface area contributed by atoms with Crippen LogP contribution >= 0.6 is 11.6 Å². The zero-order valence-electron chi connectivity index (χ0n) is 20.6. The van der Waals surface area contributed by atoms with E-state index in [0.29, 0.717) is 6.04 Å². The van der Waals surface area contributed by atoms with Crippen LogP contribution < -0.4 is 5.32 Å². The number of benzene rings is 3. The monoisotopic (exact) mass is 496 g/mol. The van der Waals surface area contributed by atoms with Crippen molar-refractivity contribution in [2.24, 2.45) is 0 Å². The maximum atomic E-state index is 6.02. The van der Waals surface area contributed by atoms with E-state index in [-0.39, 0.29) is 0 Å². The molecule has 36 heavy (non-hydrogen) atoms. The lowest BCUT2D eigenvalue weighted by atomic mass is 9.95. The number of likely N-dealkylation sites (tertiary alicyclic amines) is 1. The summed E-state index contributed by atoms with van der Waals surface area (Å²) < 4.78 is 0. The molecule has 0 amide bonds. The third-order valence-electron chi connectivity index (χ3n) is 7.25. The number of hydrogen-bond donors (Lipinski definition) is 2. The van der Waals surface area contributed by atoms with Gasteiger partial charge in [-0.2, -0.15) is 5.10 Å². The Kier molecular flexibility index (Phi) is 6.07. The van der Waals surface area contributed by atoms with Crippen molar-refractivity contribution in [2.75, 3.05) is 18.4 Å². The first kappa shape index (κ1) is 23.0. The van der Waals surface area contributed by atoms with E-state index in [0.717, 1.165) is 76.5 Å². The fourth-order valence-electron chi connectivity index (χ4n) is 5.28. The Morgan fingerprint density at radius 2 is 1.78 bits per heavy atom. The van der Waals surface area contributed by atoms with Crippen LogP contribution in [0.3, 0.4) is 0 Å². The first-order chi connectivity index (χ1) is 17.5. The summed E-state index contributed by atoms with van der Waals surface area (Å²) in [6.07, 6.45) is 4.04. The van der Waals surface area contributed by atoms with Gasteiger partial charge in [0.25, 0.3) is 0 Å². The fraction of sp³-hybridized carbons (Fsp3) is 0.276. The molecule has 0 spiro atoms. The van der Waals surface area contributed by atoms with Crippen molar-refractivity contribution in [2.45, 2.75) is 39.3 Å². The van der Waals surface area contributed by atoms with Crippen molar-refractivity contribution in [3.8, 4) is 11.1 Å². The first-order valence-electron chi connectivity index (χ1n) is 12.5. The van der Waals surface area contributed by atoms with E-state index in [1.165, 1.54) is 16.7 Å². The average Bonchev–Trinajstić information content (AvgIpc) is 3.35. The summed E-state index contributed by atoms with van der Waals surface area (Å²) in [6, 6.07) is 19.2. The number of H-pyrrole nitrogens is 1. The molecular formula is C29H29ClN6. The number of fused-ring (bicyclic) bond motifs is 2. The molecule has 1 aliphatic rings. The highest BCUT2D eigenvalue weighted by Gasteiger charge is 2.20. The van der Waals surface area contributed by atoms with Gasteiger partial charge in [0.05, 0.1) is 22.9 Å². The number of piperidine rings is 1. The fourth-order valence-corrected chi connectivity index (χ4v) is 5.40. The van der Waals surface area contributed by atoms with Crippen LogP contribution in [0.1, 0.15) is 29.7 Å². The normalized spacial score (nSPS) is 15.1. The van der Waals surface area contributed by atoms with Gasteiger partial charge < -0.3 is 5.32 Å². The highest BCUT2D eigenvalue weighted by atomic mass is 35.5. The largest absolute Gasteiger partial charge is 0.351 e. The number of anilines is 1. The van der Waals surface area contributed by atoms with Crippen molar-refractivity contribution in [1.82, 2.24) is 25.1 Å². The van der Waals surface area contributed by atoms with Gasteiger partial charge in [-0.3, -0.25) is 10.00 Å². The van der Waals surface area contributed by atoms with Crippen LogP contribution in [0.4, 0.5) is 5.95 Å². The van der Waals surface area contributed by atoms with Gasteiger partial charge in [0.1, 0.15) is 0 Å². The molecule has 0 unspecified atom stereocenters. The Balaban J connectivity index is 1.17. The molecule has 1 saturated heterocycles. The van der Waals surface area contributed by atoms with Crippen LogP contribution in [-0.4, -0.2) is 44.2 Å². The Morgan fingerprint density at radius 1 is 0.972 bits per heavy atom. The number of aromatic nitrogens is 4. The van der Waals surface area contributed by atoms with Crippen molar-refractivity contribution in [3.63, 3.8) is 0 Å². The molecule has 0 bridgehead atoms. The molecule has 2 aromatic heterocycles. The van der Waals surface area contributed by atoms with Gasteiger partial charge in [0.15, 0.2) is 0 Å². The third kappa shape index (κ3) is 4.54. The zero-order valence-corrected chi connectivity index (χ0v) is 21.3. The summed E-state index contributed by atoms with van der Waals surface area (Å²) in [5, 5.41) is 13.9. The molecule has 182 valence electrons. The molecule has 2 N–H and O–H groups in total. The number of hydrogen-bond acceptors (Lipinski definition) is 5. The van der Waals surface area contributed by atoms with E-state index >= 15 is 0 Å². The Labute approximate surface area is 215 Å². The smallest absolute Gasteiger partial charge is 0.223 e. The number of nitrogens with one attached hydrogen (secondary N) is 2. The third-order valence-corrected chi connectivity index (χ3v) is 7.50. The Hall–Kier alpha value is -3.48. The number of nitrogens with zero attached hydrogens (tertiary/aromatic N) is 4. The SMILES string of the molecule is Cc1ccc2[nH]ncc2c1-c1ccc2nc(NC3CCN(Cc4ccc(Cl)cc4)CC3)nc(C)c2c1. The topological polar surface area (TPSA) is 69.7 Å². The van der Waals surface area contributed by atoms with E-state index in [2.05, 4.69) is 76.7 Å². The van der Waals surface area contributed by atoms with E-state index in [9.17, 15) is 0 Å². The van der Waals surface area contributed by atoms with E-state index in [4.69, 9.17) is 21.6 Å². The second-order valence-electron chi connectivity index (χ2n) is 9.77. The van der Waals surface area contributed by atoms with Crippen molar-refractivity contribution < 1.29 is 0 Å². The van der Waals surface area contributed by atoms with Crippen LogP contribution in [0, 0.1) is 13.8 Å². The maximum absolute atomic E-state index is 6.02. The van der Waals surface area contributed by atoms with Crippen molar-refractivity contribution >= 4 is 39.4 Å². The number of halogens is 1. The molecule has 3 aromatic carbocycles. The van der Waals surface area contributed by atoms with Gasteiger partial charge in [-0.05, 0) is 79.3 Å². The van der Waals surface area contributed by atoms with Gasteiger partial charge in [0, 0.05) is 41.5 Å². The standard InChI is InChI=1S/C29H29ClN6/c1-18-3-9-27-25(16-31-35-27)28(18)21-6-10-26-24(15-21)19(2)32-29(34-26)33-23-11-13-36(14-12-23)17-20-4-7-22(30)8-5-20/h3-10,15-16,23H,11-14,17H2,1-2H3,(H,31,35)(H,32,33,34). The van der Waals surface area contributed by atoms with E-state index in [1.807, 2.05) is 18.3 Å². The summed E-state index contributed by atoms with van der Waals surface area (Å²) in [6.45, 7) is 7.27. The Morgan fingerprint density at radius 3 is 2.58 bits per heavy atom. The number of aromatic amines is 1. The minimum atomic E-state index is 0.379. The summed E-state index contributed by atoms with van der Waals surface area (Å²) in [5.74, 6) is 0.719. The van der Waals surface area contributed by atoms with Crippen molar-refractivity contribution in [1.29, 1.82) is 0 Å². The lowest BCUT2D eigenvalue weighted by Crippen LogP contribution is -2.39. The zero-order chi connectivity index (χ0) is 24.6. The van der Waals surface area contributed by atoms with E-state index < -0.39 is 0 Å². The lowest BCUT2D eigenvalue weighted by molar-refractivity contribution is 0.211. The minimum Gasteiger partial charge on any atom is -0.351 e. The van der Waals surface area contributed by atoms with Crippen LogP contribution in [-0.2, 0) is 6.54 Å². The second kappa shape index (κ2) is 9.52. The summed E-state index contributed by atoms with van der Waals surface area (Å²) in [5.41, 5.74) is 7.89. The second-order valence-corrected chi connectivity index (χ2v) is 10.2. The minimum absolute atomic E-state index is 0.379. The molecule has 0 saturated carbocycles. The van der Waals surface area contributed by atoms with E-state index in [1.54, 1.807) is 0 Å². The molecule has 5 aromatic rings. The predicted molar refractivity (Wildman–Crippen MR) is 147 cm³/mol. The Bertz CT molecular complexity index is 1530. The highest BCUT2D eigenvalue weighted by Crippen LogP contribution is 2.33. The quantitative estimate of drug-likeness (QED) is 0.290. The van der Waals surface area contributed by atoms with Crippen LogP contribution in [0.25, 0.3) is 32.9 Å². The molecule has 7 heteroatoms. The van der Waals surface area contributed by atoms with Crippen molar-refractivity contribution in [3.05, 3.63) is 82.6 Å². The molecule has 6 rings (SSSR count). The summed E-state index contributed by atoms with van der Waals surface area (Å²) in [7, 11) is 0. The lowest BCUT2D eigenvalue weighted by Gasteiger charge is -2.32. The van der Waals surface area contributed by atoms with Gasteiger partial charge >= 0.3 is 0 Å². The molecule has 0 atom stereocenters. The van der Waals surface area contributed by atoms with Crippen LogP contribution in [0.5, 0.6) is 0 Å². The van der Waals surface area contributed by atoms with Gasteiger partial charge in [0.2, 0.25) is 5.95 Å². The molecule has 1 fully saturated rings. The molecular weight excluding hydrogens is 468 g/mol. The molecule has 0 aliphatic carbocycles. The van der Waals surface area contributed by atoms with Crippen LogP contribution in [0.15, 0.2) is 60.8 Å². The first-order valence-corrected chi connectivity index (χ1v) is 12.9. The summed E-state index contributed by atoms with van der Waals surface area (Å²) in [4.78, 5) is 12.2. The molecule has 0 radical (unpaired) electrons. The predicted octanol–water partition coefficient (Wildman–Crippen LogP) is 6.52. The molecule has 1 aliphatic heterocycles. The maximum Gasteiger partial charge on any atom is 0.223 e. The van der Waals surface area contributed by atoms with Gasteiger partial charge in [-0.25, -0.2) is 9.97 Å².